The monoisotopic (exact) mass is 234 g/mol. The molecular weight excluding hydrogens is 220 g/mol. The predicted molar refractivity (Wildman–Crippen MR) is 73.4 cm³/mol. The van der Waals surface area contributed by atoms with Gasteiger partial charge in [-0.2, -0.15) is 0 Å². The van der Waals surface area contributed by atoms with E-state index < -0.39 is 0 Å². The fourth-order valence-electron chi connectivity index (χ4n) is 2.49. The summed E-state index contributed by atoms with van der Waals surface area (Å²) in [5.41, 5.74) is 4.85. The van der Waals surface area contributed by atoms with Gasteiger partial charge in [0, 0.05) is 6.04 Å². The fraction of sp³-hybridized carbons (Fsp3) is 0.188. The third-order valence-electron chi connectivity index (χ3n) is 3.62. The summed E-state index contributed by atoms with van der Waals surface area (Å²) < 4.78 is 2.31. The third kappa shape index (κ3) is 1.53. The van der Waals surface area contributed by atoms with Crippen LogP contribution in [-0.4, -0.2) is 9.55 Å². The van der Waals surface area contributed by atoms with Crippen LogP contribution in [0.3, 0.4) is 0 Å². The lowest BCUT2D eigenvalue weighted by Crippen LogP contribution is -1.90. The fourth-order valence-corrected chi connectivity index (χ4v) is 2.49. The van der Waals surface area contributed by atoms with Crippen molar-refractivity contribution in [2.24, 2.45) is 0 Å². The van der Waals surface area contributed by atoms with Crippen LogP contribution in [0.4, 0.5) is 0 Å². The van der Waals surface area contributed by atoms with E-state index >= 15 is 0 Å². The topological polar surface area (TPSA) is 17.8 Å². The number of imidazole rings is 1. The first kappa shape index (κ1) is 9.89. The van der Waals surface area contributed by atoms with Gasteiger partial charge >= 0.3 is 0 Å². The first-order valence-electron chi connectivity index (χ1n) is 6.44. The normalized spacial score (nSPS) is 15.1. The van der Waals surface area contributed by atoms with Crippen molar-refractivity contribution in [1.29, 1.82) is 0 Å². The highest BCUT2D eigenvalue weighted by molar-refractivity contribution is 5.82. The second-order valence-electron chi connectivity index (χ2n) is 4.95. The molecule has 3 aromatic rings. The number of nitrogens with zero attached hydrogens (tertiary/aromatic N) is 2. The van der Waals surface area contributed by atoms with E-state index in [1.165, 1.54) is 29.5 Å². The summed E-state index contributed by atoms with van der Waals surface area (Å²) in [6.45, 7) is 0. The molecule has 0 N–H and O–H groups in total. The number of fused-ring (bicyclic) bond motifs is 1. The Hall–Kier alpha value is -2.09. The molecule has 2 aromatic carbocycles. The van der Waals surface area contributed by atoms with E-state index in [2.05, 4.69) is 52.0 Å². The van der Waals surface area contributed by atoms with E-state index in [1.54, 1.807) is 0 Å². The van der Waals surface area contributed by atoms with Gasteiger partial charge in [0.2, 0.25) is 0 Å². The molecule has 18 heavy (non-hydrogen) atoms. The van der Waals surface area contributed by atoms with Crippen LogP contribution in [-0.2, 0) is 0 Å². The zero-order valence-corrected chi connectivity index (χ0v) is 10.1. The van der Waals surface area contributed by atoms with Crippen molar-refractivity contribution in [2.75, 3.05) is 0 Å². The van der Waals surface area contributed by atoms with Gasteiger partial charge < -0.3 is 4.57 Å². The average Bonchev–Trinajstić information content (AvgIpc) is 3.19. The van der Waals surface area contributed by atoms with Crippen molar-refractivity contribution < 1.29 is 0 Å². The van der Waals surface area contributed by atoms with Gasteiger partial charge in [-0.3, -0.25) is 0 Å². The Morgan fingerprint density at radius 2 is 1.78 bits per heavy atom. The largest absolute Gasteiger partial charge is 0.327 e. The molecular formula is C16H14N2. The SMILES string of the molecule is c1ccc(-c2ccc3c(c2)ncn3C2CC2)cc1. The van der Waals surface area contributed by atoms with Crippen LogP contribution in [0.15, 0.2) is 54.9 Å². The number of hydrogen-bond donors (Lipinski definition) is 0. The van der Waals surface area contributed by atoms with Crippen molar-refractivity contribution in [3.63, 3.8) is 0 Å². The van der Waals surface area contributed by atoms with Crippen molar-refractivity contribution in [2.45, 2.75) is 18.9 Å². The maximum atomic E-state index is 4.53. The lowest BCUT2D eigenvalue weighted by molar-refractivity contribution is 0.766. The van der Waals surface area contributed by atoms with Crippen LogP contribution in [0.2, 0.25) is 0 Å². The summed E-state index contributed by atoms with van der Waals surface area (Å²) in [4.78, 5) is 4.53. The van der Waals surface area contributed by atoms with Crippen LogP contribution in [0.5, 0.6) is 0 Å². The van der Waals surface area contributed by atoms with Gasteiger partial charge in [0.1, 0.15) is 0 Å². The maximum Gasteiger partial charge on any atom is 0.0960 e. The van der Waals surface area contributed by atoms with Gasteiger partial charge in [0.25, 0.3) is 0 Å². The second kappa shape index (κ2) is 3.70. The lowest BCUT2D eigenvalue weighted by Gasteiger charge is -2.03. The zero-order valence-electron chi connectivity index (χ0n) is 10.1. The van der Waals surface area contributed by atoms with Crippen molar-refractivity contribution in [3.05, 3.63) is 54.9 Å². The van der Waals surface area contributed by atoms with Crippen LogP contribution < -0.4 is 0 Å². The van der Waals surface area contributed by atoms with E-state index in [1.807, 2.05) is 12.4 Å². The smallest absolute Gasteiger partial charge is 0.0960 e. The van der Waals surface area contributed by atoms with E-state index in [-0.39, 0.29) is 0 Å². The summed E-state index contributed by atoms with van der Waals surface area (Å²) in [6, 6.07) is 17.7. The van der Waals surface area contributed by atoms with Gasteiger partial charge in [0.15, 0.2) is 0 Å². The summed E-state index contributed by atoms with van der Waals surface area (Å²) in [6.07, 6.45) is 4.58. The van der Waals surface area contributed by atoms with E-state index in [9.17, 15) is 0 Å². The molecule has 0 bridgehead atoms. The summed E-state index contributed by atoms with van der Waals surface area (Å²) in [5, 5.41) is 0. The molecule has 0 unspecified atom stereocenters. The molecule has 1 aromatic heterocycles. The molecule has 0 spiro atoms. The molecule has 2 nitrogen and oxygen atoms in total. The quantitative estimate of drug-likeness (QED) is 0.654. The minimum atomic E-state index is 0.692. The first-order valence-corrected chi connectivity index (χ1v) is 6.44. The van der Waals surface area contributed by atoms with Crippen LogP contribution >= 0.6 is 0 Å². The molecule has 4 rings (SSSR count). The number of benzene rings is 2. The van der Waals surface area contributed by atoms with Crippen LogP contribution in [0.1, 0.15) is 18.9 Å². The second-order valence-corrected chi connectivity index (χ2v) is 4.95. The van der Waals surface area contributed by atoms with Crippen molar-refractivity contribution in [1.82, 2.24) is 9.55 Å². The van der Waals surface area contributed by atoms with E-state index in [0.717, 1.165) is 5.52 Å². The zero-order chi connectivity index (χ0) is 11.9. The molecule has 1 aliphatic rings. The average molecular weight is 234 g/mol. The van der Waals surface area contributed by atoms with Crippen LogP contribution in [0, 0.1) is 0 Å². The molecule has 0 amide bonds. The minimum absolute atomic E-state index is 0.692. The molecule has 0 aliphatic heterocycles. The maximum absolute atomic E-state index is 4.53. The molecule has 0 saturated heterocycles. The van der Waals surface area contributed by atoms with Gasteiger partial charge in [-0.15, -0.1) is 0 Å². The standard InChI is InChI=1S/C16H14N2/c1-2-4-12(5-3-1)13-6-9-16-15(10-13)17-11-18(16)14-7-8-14/h1-6,9-11,14H,7-8H2. The molecule has 1 heterocycles. The molecule has 0 radical (unpaired) electrons. The Kier molecular flexibility index (Phi) is 2.04. The Bertz CT molecular complexity index is 693. The van der Waals surface area contributed by atoms with Gasteiger partial charge in [-0.05, 0) is 36.1 Å². The summed E-state index contributed by atoms with van der Waals surface area (Å²) >= 11 is 0. The highest BCUT2D eigenvalue weighted by atomic mass is 15.1. The van der Waals surface area contributed by atoms with E-state index in [0.29, 0.717) is 6.04 Å². The minimum Gasteiger partial charge on any atom is -0.327 e. The Morgan fingerprint density at radius 1 is 0.944 bits per heavy atom. The molecule has 2 heteroatoms. The van der Waals surface area contributed by atoms with Crippen LogP contribution in [0.25, 0.3) is 22.2 Å². The van der Waals surface area contributed by atoms with Crippen molar-refractivity contribution >= 4 is 11.0 Å². The highest BCUT2D eigenvalue weighted by Crippen LogP contribution is 2.37. The molecule has 1 saturated carbocycles. The number of aromatic nitrogens is 2. The Balaban J connectivity index is 1.85. The number of hydrogen-bond acceptors (Lipinski definition) is 1. The molecule has 88 valence electrons. The van der Waals surface area contributed by atoms with Gasteiger partial charge in [0.05, 0.1) is 17.4 Å². The lowest BCUT2D eigenvalue weighted by atomic mass is 10.1. The van der Waals surface area contributed by atoms with E-state index in [4.69, 9.17) is 0 Å². The summed E-state index contributed by atoms with van der Waals surface area (Å²) in [7, 11) is 0. The number of rotatable bonds is 2. The summed E-state index contributed by atoms with van der Waals surface area (Å²) in [5.74, 6) is 0. The first-order chi connectivity index (χ1) is 8.92. The molecule has 0 atom stereocenters. The van der Waals surface area contributed by atoms with Crippen molar-refractivity contribution in [3.8, 4) is 11.1 Å². The predicted octanol–water partition coefficient (Wildman–Crippen LogP) is 4.04. The Morgan fingerprint density at radius 3 is 2.56 bits per heavy atom. The highest BCUT2D eigenvalue weighted by Gasteiger charge is 2.24. The Labute approximate surface area is 106 Å². The molecule has 1 fully saturated rings. The third-order valence-corrected chi connectivity index (χ3v) is 3.62. The van der Waals surface area contributed by atoms with Gasteiger partial charge in [-0.25, -0.2) is 4.98 Å². The molecule has 1 aliphatic carbocycles. The van der Waals surface area contributed by atoms with Gasteiger partial charge in [-0.1, -0.05) is 36.4 Å².